The van der Waals surface area contributed by atoms with Crippen LogP contribution in [0.25, 0.3) is 5.57 Å². The van der Waals surface area contributed by atoms with Crippen molar-refractivity contribution in [2.24, 2.45) is 0 Å². The van der Waals surface area contributed by atoms with E-state index in [1.807, 2.05) is 0 Å². The summed E-state index contributed by atoms with van der Waals surface area (Å²) >= 11 is 0. The summed E-state index contributed by atoms with van der Waals surface area (Å²) < 4.78 is 39.8. The van der Waals surface area contributed by atoms with Gasteiger partial charge in [-0.25, -0.2) is 4.52 Å². The third-order valence-corrected chi connectivity index (χ3v) is 2.28. The molecule has 0 saturated heterocycles. The van der Waals surface area contributed by atoms with Gasteiger partial charge in [0.25, 0.3) is 0 Å². The van der Waals surface area contributed by atoms with E-state index in [2.05, 4.69) is 4.52 Å². The van der Waals surface area contributed by atoms with Gasteiger partial charge in [0.05, 0.1) is 0 Å². The number of rotatable bonds is 4. The van der Waals surface area contributed by atoms with Crippen molar-refractivity contribution in [2.45, 2.75) is 13.0 Å². The lowest BCUT2D eigenvalue weighted by atomic mass is 10.1. The van der Waals surface area contributed by atoms with Gasteiger partial charge < -0.3 is 4.89 Å². The van der Waals surface area contributed by atoms with E-state index in [0.717, 1.165) is 0 Å². The second kappa shape index (κ2) is 5.34. The fourth-order valence-electron chi connectivity index (χ4n) is 1.18. The predicted octanol–water partition coefficient (Wildman–Crippen LogP) is 3.08. The maximum Gasteiger partial charge on any atom is 0.383 e. The molecular weight excluding hydrogens is 237 g/mol. The molecule has 0 spiro atoms. The van der Waals surface area contributed by atoms with Crippen molar-refractivity contribution in [2.75, 3.05) is 0 Å². The minimum Gasteiger partial charge on any atom is -0.326 e. The molecule has 0 aromatic heterocycles. The molecule has 0 aliphatic carbocycles. The summed E-state index contributed by atoms with van der Waals surface area (Å²) in [6.45, 7) is 1.47. The number of benzene rings is 1. The molecule has 1 aromatic rings. The van der Waals surface area contributed by atoms with E-state index >= 15 is 0 Å². The number of hydrogen-bond acceptors (Lipinski definition) is 2. The standard InChI is InChI=1S/C10H11F2O3P/c1-8(9-5-3-2-4-6-9)7-10(11,12)15-16(13)14/h2-7,16H,1H3,(H,13,14). The molecule has 1 unspecified atom stereocenters. The van der Waals surface area contributed by atoms with E-state index in [1.165, 1.54) is 6.92 Å². The fourth-order valence-corrected chi connectivity index (χ4v) is 1.47. The molecule has 0 heterocycles. The zero-order chi connectivity index (χ0) is 12.2. The van der Waals surface area contributed by atoms with Gasteiger partial charge in [-0.1, -0.05) is 30.3 Å². The normalized spacial score (nSPS) is 14.9. The largest absolute Gasteiger partial charge is 0.383 e. The van der Waals surface area contributed by atoms with Crippen molar-refractivity contribution >= 4 is 13.8 Å². The van der Waals surface area contributed by atoms with Crippen LogP contribution in [0.4, 0.5) is 8.78 Å². The van der Waals surface area contributed by atoms with E-state index in [1.54, 1.807) is 30.3 Å². The van der Waals surface area contributed by atoms with Crippen molar-refractivity contribution in [1.29, 1.82) is 0 Å². The van der Waals surface area contributed by atoms with Gasteiger partial charge in [-0.15, -0.1) is 0 Å². The Hall–Kier alpha value is -1.03. The lowest BCUT2D eigenvalue weighted by Crippen LogP contribution is -2.13. The van der Waals surface area contributed by atoms with Gasteiger partial charge in [0.2, 0.25) is 0 Å². The van der Waals surface area contributed by atoms with Crippen LogP contribution in [-0.4, -0.2) is 11.0 Å². The number of halogens is 2. The minimum absolute atomic E-state index is 0.272. The topological polar surface area (TPSA) is 46.5 Å². The van der Waals surface area contributed by atoms with Crippen molar-refractivity contribution in [3.63, 3.8) is 0 Å². The first-order valence-corrected chi connectivity index (χ1v) is 5.72. The highest BCUT2D eigenvalue weighted by Gasteiger charge is 2.29. The van der Waals surface area contributed by atoms with Gasteiger partial charge in [0.15, 0.2) is 0 Å². The summed E-state index contributed by atoms with van der Waals surface area (Å²) in [5.41, 5.74) is 0.872. The zero-order valence-corrected chi connectivity index (χ0v) is 9.48. The molecule has 3 nitrogen and oxygen atoms in total. The summed E-state index contributed by atoms with van der Waals surface area (Å²) in [5.74, 6) is 0. The van der Waals surface area contributed by atoms with Crippen LogP contribution in [0.15, 0.2) is 36.4 Å². The van der Waals surface area contributed by atoms with E-state index in [9.17, 15) is 13.3 Å². The molecule has 0 bridgehead atoms. The van der Waals surface area contributed by atoms with Gasteiger partial charge in [-0.2, -0.15) is 8.78 Å². The van der Waals surface area contributed by atoms with Gasteiger partial charge in [-0.3, -0.25) is 4.57 Å². The van der Waals surface area contributed by atoms with Crippen molar-refractivity contribution in [3.8, 4) is 0 Å². The maximum atomic E-state index is 13.0. The molecule has 0 aliphatic rings. The lowest BCUT2D eigenvalue weighted by Gasteiger charge is -2.11. The van der Waals surface area contributed by atoms with E-state index in [0.29, 0.717) is 11.6 Å². The van der Waals surface area contributed by atoms with E-state index in [-0.39, 0.29) is 5.57 Å². The van der Waals surface area contributed by atoms with Crippen LogP contribution in [0, 0.1) is 0 Å². The second-order valence-electron chi connectivity index (χ2n) is 3.12. The van der Waals surface area contributed by atoms with Crippen LogP contribution < -0.4 is 0 Å². The van der Waals surface area contributed by atoms with Crippen LogP contribution in [0.1, 0.15) is 12.5 Å². The average Bonchev–Trinajstić information content (AvgIpc) is 2.16. The molecule has 1 atom stereocenters. The molecule has 0 aliphatic heterocycles. The van der Waals surface area contributed by atoms with Gasteiger partial charge >= 0.3 is 14.4 Å². The second-order valence-corrected chi connectivity index (χ2v) is 3.86. The highest BCUT2D eigenvalue weighted by Crippen LogP contribution is 2.32. The van der Waals surface area contributed by atoms with Crippen molar-refractivity contribution in [3.05, 3.63) is 42.0 Å². The third-order valence-electron chi connectivity index (χ3n) is 1.84. The molecule has 0 amide bonds. The average molecular weight is 248 g/mol. The minimum atomic E-state index is -3.73. The molecule has 1 N–H and O–H groups in total. The fraction of sp³-hybridized carbons (Fsp3) is 0.200. The molecule has 1 rings (SSSR count). The molecule has 16 heavy (non-hydrogen) atoms. The Kier molecular flexibility index (Phi) is 4.35. The highest BCUT2D eigenvalue weighted by molar-refractivity contribution is 7.32. The molecule has 1 aromatic carbocycles. The Morgan fingerprint density at radius 2 is 2.00 bits per heavy atom. The monoisotopic (exact) mass is 248 g/mol. The first kappa shape index (κ1) is 13.0. The van der Waals surface area contributed by atoms with Crippen LogP contribution in [0.5, 0.6) is 0 Å². The predicted molar refractivity (Wildman–Crippen MR) is 57.3 cm³/mol. The number of allylic oxidation sites excluding steroid dienone is 1. The van der Waals surface area contributed by atoms with Crippen LogP contribution in [0.2, 0.25) is 0 Å². The summed E-state index contributed by atoms with van der Waals surface area (Å²) in [7, 11) is -3.66. The van der Waals surface area contributed by atoms with Crippen LogP contribution >= 0.6 is 8.25 Å². The summed E-state index contributed by atoms with van der Waals surface area (Å²) in [6.07, 6.45) is -3.22. The molecule has 0 saturated carbocycles. The first-order chi connectivity index (χ1) is 7.41. The smallest absolute Gasteiger partial charge is 0.326 e. The van der Waals surface area contributed by atoms with Gasteiger partial charge in [0.1, 0.15) is 0 Å². The highest BCUT2D eigenvalue weighted by atomic mass is 31.1. The lowest BCUT2D eigenvalue weighted by molar-refractivity contribution is -0.131. The third kappa shape index (κ3) is 4.23. The Balaban J connectivity index is 2.88. The molecular formula is C10H11F2O3P. The summed E-state index contributed by atoms with van der Waals surface area (Å²) in [5, 5.41) is 0. The molecule has 6 heteroatoms. The Labute approximate surface area is 92.3 Å². The zero-order valence-electron chi connectivity index (χ0n) is 8.48. The Morgan fingerprint density at radius 3 is 2.50 bits per heavy atom. The molecule has 0 fully saturated rings. The summed E-state index contributed by atoms with van der Waals surface area (Å²) in [6, 6.07) is 8.49. The van der Waals surface area contributed by atoms with Crippen molar-refractivity contribution in [1.82, 2.24) is 0 Å². The van der Waals surface area contributed by atoms with E-state index in [4.69, 9.17) is 4.89 Å². The molecule has 0 radical (unpaired) electrons. The quantitative estimate of drug-likeness (QED) is 0.833. The molecule has 88 valence electrons. The Morgan fingerprint density at radius 1 is 1.44 bits per heavy atom. The van der Waals surface area contributed by atoms with Crippen molar-refractivity contribution < 1.29 is 22.8 Å². The Bertz CT molecular complexity index is 404. The SMILES string of the molecule is CC(=CC(F)(F)O[PH](=O)O)c1ccccc1. The van der Waals surface area contributed by atoms with Gasteiger partial charge in [0, 0.05) is 6.08 Å². The number of alkyl halides is 2. The van der Waals surface area contributed by atoms with Crippen LogP contribution in [0.3, 0.4) is 0 Å². The number of hydrogen-bond donors (Lipinski definition) is 1. The van der Waals surface area contributed by atoms with Crippen LogP contribution in [-0.2, 0) is 9.09 Å². The van der Waals surface area contributed by atoms with Gasteiger partial charge in [-0.05, 0) is 18.1 Å². The maximum absolute atomic E-state index is 13.0. The first-order valence-electron chi connectivity index (χ1n) is 4.45. The van der Waals surface area contributed by atoms with E-state index < -0.39 is 14.4 Å². The summed E-state index contributed by atoms with van der Waals surface area (Å²) in [4.78, 5) is 8.29.